The van der Waals surface area contributed by atoms with Crippen LogP contribution in [0.15, 0.2) is 24.3 Å². The Kier molecular flexibility index (Phi) is 7.46. The average Bonchev–Trinajstić information content (AvgIpc) is 2.42. The molecule has 1 aromatic rings. The molecule has 0 aliphatic carbocycles. The third-order valence-electron chi connectivity index (χ3n) is 3.15. The first kappa shape index (κ1) is 15.0. The molecule has 102 valence electrons. The second-order valence-corrected chi connectivity index (χ2v) is 4.74. The van der Waals surface area contributed by atoms with Crippen LogP contribution in [0, 0.1) is 0 Å². The number of aryl methyl sites for hydroxylation is 1. The van der Waals surface area contributed by atoms with Crippen molar-refractivity contribution in [2.75, 3.05) is 20.2 Å². The van der Waals surface area contributed by atoms with Crippen molar-refractivity contribution in [1.29, 1.82) is 0 Å². The van der Waals surface area contributed by atoms with Crippen LogP contribution in [0.5, 0.6) is 5.75 Å². The summed E-state index contributed by atoms with van der Waals surface area (Å²) in [6.07, 6.45) is 4.55. The van der Waals surface area contributed by atoms with Gasteiger partial charge in [-0.3, -0.25) is 0 Å². The molecule has 3 N–H and O–H groups in total. The SMILES string of the molecule is COc1ccc(CCC(C)NCCCCN)cc1. The first-order chi connectivity index (χ1) is 8.76. The van der Waals surface area contributed by atoms with E-state index in [4.69, 9.17) is 10.5 Å². The summed E-state index contributed by atoms with van der Waals surface area (Å²) in [6.45, 7) is 4.11. The number of rotatable bonds is 9. The van der Waals surface area contributed by atoms with Crippen LogP contribution in [0.3, 0.4) is 0 Å². The van der Waals surface area contributed by atoms with Gasteiger partial charge in [0.2, 0.25) is 0 Å². The fourth-order valence-electron chi connectivity index (χ4n) is 1.90. The Morgan fingerprint density at radius 3 is 2.56 bits per heavy atom. The number of nitrogens with one attached hydrogen (secondary N) is 1. The lowest BCUT2D eigenvalue weighted by Crippen LogP contribution is -2.27. The summed E-state index contributed by atoms with van der Waals surface area (Å²) in [7, 11) is 1.70. The molecular weight excluding hydrogens is 224 g/mol. The van der Waals surface area contributed by atoms with Crippen LogP contribution in [-0.4, -0.2) is 26.2 Å². The highest BCUT2D eigenvalue weighted by molar-refractivity contribution is 5.27. The van der Waals surface area contributed by atoms with Gasteiger partial charge in [-0.05, 0) is 63.4 Å². The first-order valence-electron chi connectivity index (χ1n) is 6.82. The maximum Gasteiger partial charge on any atom is 0.118 e. The van der Waals surface area contributed by atoms with E-state index in [9.17, 15) is 0 Å². The van der Waals surface area contributed by atoms with Gasteiger partial charge in [0.15, 0.2) is 0 Å². The predicted molar refractivity (Wildman–Crippen MR) is 77.1 cm³/mol. The Bertz CT molecular complexity index is 311. The Labute approximate surface area is 111 Å². The molecule has 0 heterocycles. The third kappa shape index (κ3) is 6.03. The summed E-state index contributed by atoms with van der Waals surface area (Å²) in [5, 5.41) is 3.53. The molecule has 0 amide bonds. The average molecular weight is 250 g/mol. The van der Waals surface area contributed by atoms with Crippen LogP contribution >= 0.6 is 0 Å². The number of benzene rings is 1. The smallest absolute Gasteiger partial charge is 0.118 e. The minimum atomic E-state index is 0.560. The molecule has 3 nitrogen and oxygen atoms in total. The third-order valence-corrected chi connectivity index (χ3v) is 3.15. The first-order valence-corrected chi connectivity index (χ1v) is 6.82. The molecule has 18 heavy (non-hydrogen) atoms. The zero-order valence-electron chi connectivity index (χ0n) is 11.6. The van der Waals surface area contributed by atoms with E-state index >= 15 is 0 Å². The number of ether oxygens (including phenoxy) is 1. The summed E-state index contributed by atoms with van der Waals surface area (Å²) in [5.41, 5.74) is 6.83. The van der Waals surface area contributed by atoms with Gasteiger partial charge in [0, 0.05) is 6.04 Å². The van der Waals surface area contributed by atoms with Crippen LogP contribution < -0.4 is 15.8 Å². The summed E-state index contributed by atoms with van der Waals surface area (Å²) in [6, 6.07) is 8.88. The van der Waals surface area contributed by atoms with Gasteiger partial charge in [0.25, 0.3) is 0 Å². The number of methoxy groups -OCH3 is 1. The van der Waals surface area contributed by atoms with E-state index in [1.54, 1.807) is 7.11 Å². The fourth-order valence-corrected chi connectivity index (χ4v) is 1.90. The van der Waals surface area contributed by atoms with Crippen molar-refractivity contribution in [3.8, 4) is 5.75 Å². The van der Waals surface area contributed by atoms with E-state index in [1.165, 1.54) is 12.0 Å². The van der Waals surface area contributed by atoms with Crippen molar-refractivity contribution in [3.63, 3.8) is 0 Å². The Hall–Kier alpha value is -1.06. The Morgan fingerprint density at radius 1 is 1.22 bits per heavy atom. The minimum absolute atomic E-state index is 0.560. The van der Waals surface area contributed by atoms with E-state index in [2.05, 4.69) is 24.4 Å². The molecule has 3 heteroatoms. The van der Waals surface area contributed by atoms with Gasteiger partial charge < -0.3 is 15.8 Å². The topological polar surface area (TPSA) is 47.3 Å². The van der Waals surface area contributed by atoms with Gasteiger partial charge in [-0.1, -0.05) is 12.1 Å². The molecule has 0 aliphatic heterocycles. The second-order valence-electron chi connectivity index (χ2n) is 4.74. The van der Waals surface area contributed by atoms with Crippen LogP contribution in [0.2, 0.25) is 0 Å². The molecular formula is C15H26N2O. The van der Waals surface area contributed by atoms with Gasteiger partial charge in [-0.2, -0.15) is 0 Å². The van der Waals surface area contributed by atoms with Gasteiger partial charge in [-0.15, -0.1) is 0 Å². The number of hydrogen-bond donors (Lipinski definition) is 2. The van der Waals surface area contributed by atoms with Crippen LogP contribution in [0.1, 0.15) is 31.7 Å². The predicted octanol–water partition coefficient (Wildman–Crippen LogP) is 2.34. The van der Waals surface area contributed by atoms with E-state index in [0.717, 1.165) is 38.1 Å². The van der Waals surface area contributed by atoms with Gasteiger partial charge in [0.1, 0.15) is 5.75 Å². The lowest BCUT2D eigenvalue weighted by atomic mass is 10.1. The highest BCUT2D eigenvalue weighted by atomic mass is 16.5. The summed E-state index contributed by atoms with van der Waals surface area (Å²) >= 11 is 0. The standard InChI is InChI=1S/C15H26N2O/c1-13(17-12-4-3-11-16)5-6-14-7-9-15(18-2)10-8-14/h7-10,13,17H,3-6,11-12,16H2,1-2H3. The molecule has 0 saturated heterocycles. The van der Waals surface area contributed by atoms with E-state index < -0.39 is 0 Å². The minimum Gasteiger partial charge on any atom is -0.497 e. The lowest BCUT2D eigenvalue weighted by molar-refractivity contribution is 0.414. The Balaban J connectivity index is 2.18. The maximum absolute atomic E-state index is 5.47. The molecule has 1 aromatic carbocycles. The molecule has 0 radical (unpaired) electrons. The zero-order chi connectivity index (χ0) is 13.2. The molecule has 0 spiro atoms. The van der Waals surface area contributed by atoms with E-state index in [0.29, 0.717) is 6.04 Å². The number of hydrogen-bond acceptors (Lipinski definition) is 3. The highest BCUT2D eigenvalue weighted by Crippen LogP contribution is 2.13. The molecule has 1 unspecified atom stereocenters. The molecule has 0 bridgehead atoms. The van der Waals surface area contributed by atoms with Crippen molar-refractivity contribution in [2.24, 2.45) is 5.73 Å². The number of unbranched alkanes of at least 4 members (excludes halogenated alkanes) is 1. The van der Waals surface area contributed by atoms with Crippen LogP contribution in [-0.2, 0) is 6.42 Å². The van der Waals surface area contributed by atoms with Gasteiger partial charge in [-0.25, -0.2) is 0 Å². The molecule has 0 fully saturated rings. The van der Waals surface area contributed by atoms with Gasteiger partial charge in [0.05, 0.1) is 7.11 Å². The van der Waals surface area contributed by atoms with Crippen molar-refractivity contribution in [2.45, 2.75) is 38.6 Å². The number of nitrogens with two attached hydrogens (primary N) is 1. The summed E-state index contributed by atoms with van der Waals surface area (Å²) in [4.78, 5) is 0. The molecule has 0 aromatic heterocycles. The van der Waals surface area contributed by atoms with Crippen molar-refractivity contribution in [1.82, 2.24) is 5.32 Å². The monoisotopic (exact) mass is 250 g/mol. The van der Waals surface area contributed by atoms with Gasteiger partial charge >= 0.3 is 0 Å². The van der Waals surface area contributed by atoms with E-state index in [1.807, 2.05) is 12.1 Å². The van der Waals surface area contributed by atoms with Crippen LogP contribution in [0.25, 0.3) is 0 Å². The summed E-state index contributed by atoms with van der Waals surface area (Å²) in [5.74, 6) is 0.923. The van der Waals surface area contributed by atoms with Crippen LogP contribution in [0.4, 0.5) is 0 Å². The van der Waals surface area contributed by atoms with Crippen molar-refractivity contribution < 1.29 is 4.74 Å². The fraction of sp³-hybridized carbons (Fsp3) is 0.600. The quantitative estimate of drug-likeness (QED) is 0.661. The van der Waals surface area contributed by atoms with Crippen molar-refractivity contribution in [3.05, 3.63) is 29.8 Å². The lowest BCUT2D eigenvalue weighted by Gasteiger charge is -2.13. The highest BCUT2D eigenvalue weighted by Gasteiger charge is 2.02. The van der Waals surface area contributed by atoms with E-state index in [-0.39, 0.29) is 0 Å². The molecule has 0 aliphatic rings. The molecule has 1 atom stereocenters. The summed E-state index contributed by atoms with van der Waals surface area (Å²) < 4.78 is 5.15. The largest absolute Gasteiger partial charge is 0.497 e. The molecule has 0 saturated carbocycles. The normalized spacial score (nSPS) is 12.4. The Morgan fingerprint density at radius 2 is 1.94 bits per heavy atom. The maximum atomic E-state index is 5.47. The second kappa shape index (κ2) is 8.95. The van der Waals surface area contributed by atoms with Crippen molar-refractivity contribution >= 4 is 0 Å². The zero-order valence-corrected chi connectivity index (χ0v) is 11.6. The molecule has 1 rings (SSSR count).